The normalized spacial score (nSPS) is 18.0. The van der Waals surface area contributed by atoms with Gasteiger partial charge in [0, 0.05) is 31.7 Å². The molecule has 2 atom stereocenters. The molecule has 1 heterocycles. The second kappa shape index (κ2) is 10.9. The molecule has 1 saturated heterocycles. The average molecular weight is 410 g/mol. The molecule has 2 amide bonds. The lowest BCUT2D eigenvalue weighted by Crippen LogP contribution is -2.53. The van der Waals surface area contributed by atoms with Crippen molar-refractivity contribution in [2.45, 2.75) is 32.5 Å². The van der Waals surface area contributed by atoms with Crippen LogP contribution in [0.15, 0.2) is 60.7 Å². The van der Waals surface area contributed by atoms with E-state index in [1.165, 1.54) is 5.56 Å². The van der Waals surface area contributed by atoms with E-state index in [1.54, 1.807) is 24.3 Å². The summed E-state index contributed by atoms with van der Waals surface area (Å²) in [4.78, 5) is 27.6. The highest BCUT2D eigenvalue weighted by atomic mass is 16.5. The van der Waals surface area contributed by atoms with E-state index in [2.05, 4.69) is 27.7 Å². The van der Waals surface area contributed by atoms with Crippen molar-refractivity contribution in [3.05, 3.63) is 71.8 Å². The zero-order chi connectivity index (χ0) is 21.3. The van der Waals surface area contributed by atoms with Crippen LogP contribution in [-0.4, -0.2) is 55.1 Å². The van der Waals surface area contributed by atoms with E-state index < -0.39 is 6.04 Å². The molecule has 6 heteroatoms. The first-order valence-corrected chi connectivity index (χ1v) is 10.5. The topological polar surface area (TPSA) is 70.7 Å². The molecular formula is C24H31N3O3. The molecule has 2 aromatic carbocycles. The molecule has 0 radical (unpaired) electrons. The molecule has 0 bridgehead atoms. The van der Waals surface area contributed by atoms with E-state index in [1.807, 2.05) is 38.1 Å². The van der Waals surface area contributed by atoms with E-state index in [-0.39, 0.29) is 23.8 Å². The highest BCUT2D eigenvalue weighted by Gasteiger charge is 2.26. The number of carbonyl (C=O) groups is 2. The molecule has 1 aliphatic rings. The van der Waals surface area contributed by atoms with Gasteiger partial charge in [-0.2, -0.15) is 0 Å². The molecule has 2 unspecified atom stereocenters. The Hall–Kier alpha value is -2.70. The number of rotatable bonds is 8. The first-order valence-electron chi connectivity index (χ1n) is 10.5. The monoisotopic (exact) mass is 409 g/mol. The lowest BCUT2D eigenvalue weighted by Gasteiger charge is -2.33. The molecule has 1 fully saturated rings. The molecule has 0 aliphatic carbocycles. The molecule has 0 saturated carbocycles. The van der Waals surface area contributed by atoms with E-state index in [0.29, 0.717) is 18.7 Å². The molecule has 160 valence electrons. The van der Waals surface area contributed by atoms with Gasteiger partial charge in [-0.3, -0.25) is 14.5 Å². The van der Waals surface area contributed by atoms with Crippen molar-refractivity contribution in [2.75, 3.05) is 26.2 Å². The Morgan fingerprint density at radius 1 is 1.07 bits per heavy atom. The predicted molar refractivity (Wildman–Crippen MR) is 117 cm³/mol. The van der Waals surface area contributed by atoms with Gasteiger partial charge in [0.05, 0.1) is 12.7 Å². The number of hydrogen-bond donors (Lipinski definition) is 2. The van der Waals surface area contributed by atoms with Gasteiger partial charge in [-0.25, -0.2) is 0 Å². The second-order valence-electron chi connectivity index (χ2n) is 8.02. The summed E-state index contributed by atoms with van der Waals surface area (Å²) in [6.07, 6.45) is -0.0657. The van der Waals surface area contributed by atoms with E-state index in [4.69, 9.17) is 4.74 Å². The maximum atomic E-state index is 12.8. The van der Waals surface area contributed by atoms with Crippen LogP contribution in [0.4, 0.5) is 0 Å². The third-order valence-electron chi connectivity index (χ3n) is 5.25. The molecule has 30 heavy (non-hydrogen) atoms. The summed E-state index contributed by atoms with van der Waals surface area (Å²) >= 11 is 0. The number of nitrogens with zero attached hydrogens (tertiary/aromatic N) is 1. The van der Waals surface area contributed by atoms with Crippen molar-refractivity contribution in [2.24, 2.45) is 5.92 Å². The zero-order valence-electron chi connectivity index (χ0n) is 17.7. The fraction of sp³-hybridized carbons (Fsp3) is 0.417. The largest absolute Gasteiger partial charge is 0.374 e. The first kappa shape index (κ1) is 22.0. The molecule has 0 spiro atoms. The quantitative estimate of drug-likeness (QED) is 0.703. The minimum Gasteiger partial charge on any atom is -0.374 e. The molecule has 6 nitrogen and oxygen atoms in total. The summed E-state index contributed by atoms with van der Waals surface area (Å²) in [6.45, 7) is 7.43. The summed E-state index contributed by atoms with van der Waals surface area (Å²) in [5.74, 6) is -0.454. The summed E-state index contributed by atoms with van der Waals surface area (Å²) in [7, 11) is 0. The SMILES string of the molecule is CC(C)C(NC(=O)c1ccccc1)C(=O)NCC1CN(Cc2ccccc2)CCO1. The van der Waals surface area contributed by atoms with E-state index in [0.717, 1.165) is 19.6 Å². The van der Waals surface area contributed by atoms with Gasteiger partial charge >= 0.3 is 0 Å². The minimum absolute atomic E-state index is 0.0282. The number of morpholine rings is 1. The molecule has 2 N–H and O–H groups in total. The van der Waals surface area contributed by atoms with Crippen molar-refractivity contribution in [3.63, 3.8) is 0 Å². The van der Waals surface area contributed by atoms with Gasteiger partial charge in [0.1, 0.15) is 6.04 Å². The first-order chi connectivity index (χ1) is 14.5. The van der Waals surface area contributed by atoms with Gasteiger partial charge < -0.3 is 15.4 Å². The number of amides is 2. The molecule has 3 rings (SSSR count). The van der Waals surface area contributed by atoms with Crippen LogP contribution in [-0.2, 0) is 16.1 Å². The van der Waals surface area contributed by atoms with Crippen LogP contribution in [0.1, 0.15) is 29.8 Å². The number of ether oxygens (including phenoxy) is 1. The van der Waals surface area contributed by atoms with Crippen LogP contribution in [0.2, 0.25) is 0 Å². The van der Waals surface area contributed by atoms with Crippen LogP contribution in [0, 0.1) is 5.92 Å². The summed E-state index contributed by atoms with van der Waals surface area (Å²) < 4.78 is 5.84. The molecule has 2 aromatic rings. The molecule has 1 aliphatic heterocycles. The van der Waals surface area contributed by atoms with Gasteiger partial charge in [0.15, 0.2) is 0 Å². The van der Waals surface area contributed by atoms with Crippen molar-refractivity contribution < 1.29 is 14.3 Å². The predicted octanol–water partition coefficient (Wildman–Crippen LogP) is 2.46. The minimum atomic E-state index is -0.596. The van der Waals surface area contributed by atoms with E-state index in [9.17, 15) is 9.59 Å². The van der Waals surface area contributed by atoms with Gasteiger partial charge in [0.2, 0.25) is 5.91 Å². The van der Waals surface area contributed by atoms with Crippen LogP contribution in [0.3, 0.4) is 0 Å². The highest BCUT2D eigenvalue weighted by molar-refractivity contribution is 5.97. The van der Waals surface area contributed by atoms with Crippen molar-refractivity contribution in [1.29, 1.82) is 0 Å². The summed E-state index contributed by atoms with van der Waals surface area (Å²) in [5, 5.41) is 5.83. The molecule has 0 aromatic heterocycles. The van der Waals surface area contributed by atoms with Crippen molar-refractivity contribution >= 4 is 11.8 Å². The smallest absolute Gasteiger partial charge is 0.251 e. The fourth-order valence-corrected chi connectivity index (χ4v) is 3.56. The number of benzene rings is 2. The Labute approximate surface area is 178 Å². The Bertz CT molecular complexity index is 811. The number of nitrogens with one attached hydrogen (secondary N) is 2. The Morgan fingerprint density at radius 2 is 1.73 bits per heavy atom. The van der Waals surface area contributed by atoms with Crippen molar-refractivity contribution in [3.8, 4) is 0 Å². The van der Waals surface area contributed by atoms with E-state index >= 15 is 0 Å². The Balaban J connectivity index is 1.50. The number of hydrogen-bond acceptors (Lipinski definition) is 4. The van der Waals surface area contributed by atoms with Crippen molar-refractivity contribution in [1.82, 2.24) is 15.5 Å². The summed E-state index contributed by atoms with van der Waals surface area (Å²) in [5.41, 5.74) is 1.81. The third-order valence-corrected chi connectivity index (χ3v) is 5.25. The van der Waals surface area contributed by atoms with Crippen LogP contribution >= 0.6 is 0 Å². The van der Waals surface area contributed by atoms with Crippen LogP contribution in [0.5, 0.6) is 0 Å². The standard InChI is InChI=1S/C24H31N3O3/c1-18(2)22(26-23(28)20-11-7-4-8-12-20)24(29)25-15-21-17-27(13-14-30-21)16-19-9-5-3-6-10-19/h3-12,18,21-22H,13-17H2,1-2H3,(H,25,29)(H,26,28). The van der Waals surface area contributed by atoms with Gasteiger partial charge in [0.25, 0.3) is 5.91 Å². The van der Waals surface area contributed by atoms with Crippen LogP contribution in [0.25, 0.3) is 0 Å². The van der Waals surface area contributed by atoms with Crippen LogP contribution < -0.4 is 10.6 Å². The lowest BCUT2D eigenvalue weighted by atomic mass is 10.0. The fourth-order valence-electron chi connectivity index (χ4n) is 3.56. The Kier molecular flexibility index (Phi) is 7.99. The Morgan fingerprint density at radius 3 is 2.40 bits per heavy atom. The summed E-state index contributed by atoms with van der Waals surface area (Å²) in [6, 6.07) is 18.7. The lowest BCUT2D eigenvalue weighted by molar-refractivity contribution is -0.125. The second-order valence-corrected chi connectivity index (χ2v) is 8.02. The average Bonchev–Trinajstić information content (AvgIpc) is 2.77. The van der Waals surface area contributed by atoms with Gasteiger partial charge in [-0.05, 0) is 23.6 Å². The maximum absolute atomic E-state index is 12.8. The third kappa shape index (κ3) is 6.40. The zero-order valence-corrected chi connectivity index (χ0v) is 17.7. The van der Waals surface area contributed by atoms with Gasteiger partial charge in [-0.15, -0.1) is 0 Å². The molecular weight excluding hydrogens is 378 g/mol. The van der Waals surface area contributed by atoms with Gasteiger partial charge in [-0.1, -0.05) is 62.4 Å². The maximum Gasteiger partial charge on any atom is 0.251 e. The number of carbonyl (C=O) groups excluding carboxylic acids is 2. The highest BCUT2D eigenvalue weighted by Crippen LogP contribution is 2.11.